The quantitative estimate of drug-likeness (QED) is 0.620. The van der Waals surface area contributed by atoms with Crippen LogP contribution in [0, 0.1) is 17.3 Å². The fourth-order valence-corrected chi connectivity index (χ4v) is 2.14. The second-order valence-electron chi connectivity index (χ2n) is 4.35. The number of hydrogen-bond donors (Lipinski definition) is 0. The molecule has 2 atom stereocenters. The van der Waals surface area contributed by atoms with Crippen molar-refractivity contribution in [3.63, 3.8) is 0 Å². The van der Waals surface area contributed by atoms with Gasteiger partial charge in [0.1, 0.15) is 5.78 Å². The van der Waals surface area contributed by atoms with E-state index in [4.69, 9.17) is 4.74 Å². The smallest absolute Gasteiger partial charge is 0.293 e. The highest BCUT2D eigenvalue weighted by atomic mass is 16.5. The minimum atomic E-state index is -0.00512. The molecule has 1 fully saturated rings. The Balaban J connectivity index is 2.48. The number of hydrogen-bond acceptors (Lipinski definition) is 3. The maximum atomic E-state index is 11.2. The van der Waals surface area contributed by atoms with Crippen molar-refractivity contribution in [3.05, 3.63) is 0 Å². The third-order valence-electron chi connectivity index (χ3n) is 3.33. The lowest BCUT2D eigenvalue weighted by Crippen LogP contribution is -2.50. The van der Waals surface area contributed by atoms with Crippen molar-refractivity contribution < 1.29 is 14.3 Å². The fraction of sp³-hybridized carbons (Fsp3) is 0.800. The van der Waals surface area contributed by atoms with Crippen molar-refractivity contribution in [2.75, 3.05) is 6.61 Å². The second kappa shape index (κ2) is 3.48. The van der Waals surface area contributed by atoms with Crippen molar-refractivity contribution >= 4 is 12.3 Å². The van der Waals surface area contributed by atoms with Gasteiger partial charge >= 0.3 is 0 Å². The van der Waals surface area contributed by atoms with E-state index in [1.807, 2.05) is 0 Å². The van der Waals surface area contributed by atoms with Gasteiger partial charge in [-0.05, 0) is 24.7 Å². The summed E-state index contributed by atoms with van der Waals surface area (Å²) < 4.78 is 4.71. The van der Waals surface area contributed by atoms with Crippen LogP contribution in [-0.2, 0) is 14.3 Å². The van der Waals surface area contributed by atoms with Crippen molar-refractivity contribution in [3.8, 4) is 0 Å². The van der Waals surface area contributed by atoms with Gasteiger partial charge in [0.25, 0.3) is 6.47 Å². The third-order valence-corrected chi connectivity index (χ3v) is 3.33. The fourth-order valence-electron chi connectivity index (χ4n) is 2.14. The Morgan fingerprint density at radius 1 is 1.62 bits per heavy atom. The van der Waals surface area contributed by atoms with Gasteiger partial charge in [-0.25, -0.2) is 0 Å². The van der Waals surface area contributed by atoms with Crippen LogP contribution in [0.15, 0.2) is 0 Å². The molecule has 0 aromatic heterocycles. The molecule has 3 nitrogen and oxygen atoms in total. The van der Waals surface area contributed by atoms with E-state index in [0.29, 0.717) is 19.0 Å². The average molecular weight is 184 g/mol. The number of rotatable bonds is 4. The number of carbonyl (C=O) groups is 2. The summed E-state index contributed by atoms with van der Waals surface area (Å²) in [7, 11) is 0. The van der Waals surface area contributed by atoms with Crippen LogP contribution in [0.3, 0.4) is 0 Å². The first-order valence-electron chi connectivity index (χ1n) is 4.55. The molecule has 0 heterocycles. The van der Waals surface area contributed by atoms with Crippen molar-refractivity contribution in [1.29, 1.82) is 0 Å². The highest BCUT2D eigenvalue weighted by Crippen LogP contribution is 2.51. The minimum Gasteiger partial charge on any atom is -0.468 e. The van der Waals surface area contributed by atoms with Gasteiger partial charge in [0.15, 0.2) is 0 Å². The summed E-state index contributed by atoms with van der Waals surface area (Å²) >= 11 is 0. The standard InChI is InChI=1S/C10H16O3/c1-7(12)9-4-8(5-13-6-11)10(9,2)3/h6,8-9H,4-5H2,1-3H3. The number of Topliss-reactive ketones (excluding diaryl/α,β-unsaturated/α-hetero) is 1. The summed E-state index contributed by atoms with van der Waals surface area (Å²) in [6, 6.07) is 0. The first-order chi connectivity index (χ1) is 6.00. The molecule has 0 N–H and O–H groups in total. The molecule has 74 valence electrons. The van der Waals surface area contributed by atoms with Crippen LogP contribution in [0.5, 0.6) is 0 Å². The largest absolute Gasteiger partial charge is 0.468 e. The van der Waals surface area contributed by atoms with Gasteiger partial charge in [0.2, 0.25) is 0 Å². The van der Waals surface area contributed by atoms with Gasteiger partial charge in [-0.2, -0.15) is 0 Å². The van der Waals surface area contributed by atoms with Crippen molar-refractivity contribution in [2.24, 2.45) is 17.3 Å². The van der Waals surface area contributed by atoms with Crippen LogP contribution in [0.2, 0.25) is 0 Å². The first kappa shape index (κ1) is 10.2. The number of carbonyl (C=O) groups excluding carboxylic acids is 2. The Morgan fingerprint density at radius 2 is 2.23 bits per heavy atom. The van der Waals surface area contributed by atoms with E-state index >= 15 is 0 Å². The van der Waals surface area contributed by atoms with E-state index in [0.717, 1.165) is 6.42 Å². The monoisotopic (exact) mass is 184 g/mol. The summed E-state index contributed by atoms with van der Waals surface area (Å²) in [6.45, 7) is 6.66. The van der Waals surface area contributed by atoms with Gasteiger partial charge in [-0.15, -0.1) is 0 Å². The van der Waals surface area contributed by atoms with E-state index in [9.17, 15) is 9.59 Å². The van der Waals surface area contributed by atoms with Crippen LogP contribution in [0.1, 0.15) is 27.2 Å². The Morgan fingerprint density at radius 3 is 2.62 bits per heavy atom. The molecule has 0 aromatic carbocycles. The van der Waals surface area contributed by atoms with Gasteiger partial charge in [0, 0.05) is 5.92 Å². The third kappa shape index (κ3) is 1.74. The van der Waals surface area contributed by atoms with Crippen molar-refractivity contribution in [2.45, 2.75) is 27.2 Å². The summed E-state index contributed by atoms with van der Waals surface area (Å²) in [4.78, 5) is 21.1. The summed E-state index contributed by atoms with van der Waals surface area (Å²) in [5.74, 6) is 0.728. The zero-order valence-corrected chi connectivity index (χ0v) is 8.37. The zero-order chi connectivity index (χ0) is 10.1. The van der Waals surface area contributed by atoms with Gasteiger partial charge in [-0.3, -0.25) is 9.59 Å². The predicted octanol–water partition coefficient (Wildman–Crippen LogP) is 1.41. The highest BCUT2D eigenvalue weighted by molar-refractivity contribution is 5.80. The Kier molecular flexibility index (Phi) is 2.74. The van der Waals surface area contributed by atoms with E-state index in [1.54, 1.807) is 6.92 Å². The van der Waals surface area contributed by atoms with E-state index < -0.39 is 0 Å². The summed E-state index contributed by atoms with van der Waals surface area (Å²) in [6.07, 6.45) is 0.857. The van der Waals surface area contributed by atoms with Crippen LogP contribution in [0.4, 0.5) is 0 Å². The van der Waals surface area contributed by atoms with Gasteiger partial charge in [0.05, 0.1) is 6.61 Å². The Labute approximate surface area is 78.5 Å². The van der Waals surface area contributed by atoms with E-state index in [1.165, 1.54) is 0 Å². The molecule has 0 spiro atoms. The summed E-state index contributed by atoms with van der Waals surface area (Å²) in [5.41, 5.74) is -0.00512. The van der Waals surface area contributed by atoms with Crippen molar-refractivity contribution in [1.82, 2.24) is 0 Å². The predicted molar refractivity (Wildman–Crippen MR) is 48.1 cm³/mol. The van der Waals surface area contributed by atoms with Crippen LogP contribution >= 0.6 is 0 Å². The maximum absolute atomic E-state index is 11.2. The summed E-state index contributed by atoms with van der Waals surface area (Å²) in [5, 5.41) is 0. The SMILES string of the molecule is CC(=O)C1CC(COC=O)C1(C)C. The zero-order valence-electron chi connectivity index (χ0n) is 8.37. The van der Waals surface area contributed by atoms with Gasteiger partial charge in [-0.1, -0.05) is 13.8 Å². The minimum absolute atomic E-state index is 0.00512. The molecule has 0 aromatic rings. The molecule has 13 heavy (non-hydrogen) atoms. The van der Waals surface area contributed by atoms with Gasteiger partial charge < -0.3 is 4.74 Å². The lowest BCUT2D eigenvalue weighted by atomic mass is 9.54. The maximum Gasteiger partial charge on any atom is 0.293 e. The number of ketones is 1. The molecule has 0 saturated heterocycles. The lowest BCUT2D eigenvalue weighted by molar-refractivity contribution is -0.145. The molecule has 1 rings (SSSR count). The molecule has 0 radical (unpaired) electrons. The second-order valence-corrected chi connectivity index (χ2v) is 4.35. The Hall–Kier alpha value is -0.860. The van der Waals surface area contributed by atoms with E-state index in [2.05, 4.69) is 13.8 Å². The van der Waals surface area contributed by atoms with Crippen LogP contribution in [-0.4, -0.2) is 18.9 Å². The molecule has 1 aliphatic rings. The lowest BCUT2D eigenvalue weighted by Gasteiger charge is -2.50. The first-order valence-corrected chi connectivity index (χ1v) is 4.55. The van der Waals surface area contributed by atoms with Crippen LogP contribution < -0.4 is 0 Å². The molecule has 0 bridgehead atoms. The molecule has 1 saturated carbocycles. The van der Waals surface area contributed by atoms with E-state index in [-0.39, 0.29) is 17.1 Å². The molecule has 0 amide bonds. The average Bonchev–Trinajstić information content (AvgIpc) is 2.02. The molecule has 3 heteroatoms. The highest BCUT2D eigenvalue weighted by Gasteiger charge is 2.50. The molecular weight excluding hydrogens is 168 g/mol. The topological polar surface area (TPSA) is 43.4 Å². The molecule has 1 aliphatic carbocycles. The normalized spacial score (nSPS) is 30.4. The van der Waals surface area contributed by atoms with Crippen LogP contribution in [0.25, 0.3) is 0 Å². The molecular formula is C10H16O3. The molecule has 0 aliphatic heterocycles. The number of ether oxygens (including phenoxy) is 1. The molecule has 2 unspecified atom stereocenters. The Bertz CT molecular complexity index is 220.